The van der Waals surface area contributed by atoms with Crippen molar-refractivity contribution in [1.29, 1.82) is 0 Å². The number of hydrogen-bond acceptors (Lipinski definition) is 4. The quantitative estimate of drug-likeness (QED) is 0.815. The van der Waals surface area contributed by atoms with Crippen LogP contribution >= 0.6 is 0 Å². The first-order valence-electron chi connectivity index (χ1n) is 7.32. The van der Waals surface area contributed by atoms with Gasteiger partial charge in [0, 0.05) is 13.2 Å². The minimum atomic E-state index is -4.77. The van der Waals surface area contributed by atoms with Gasteiger partial charge in [-0.05, 0) is 37.3 Å². The first-order chi connectivity index (χ1) is 12.1. The number of amides is 1. The molecule has 0 aliphatic carbocycles. The van der Waals surface area contributed by atoms with Crippen LogP contribution in [0.25, 0.3) is 5.69 Å². The number of halogens is 4. The molecule has 0 fully saturated rings. The van der Waals surface area contributed by atoms with Gasteiger partial charge >= 0.3 is 6.18 Å². The Morgan fingerprint density at radius 1 is 1.19 bits per heavy atom. The number of aromatic nitrogens is 2. The number of nitrogens with one attached hydrogen (secondary N) is 1. The number of rotatable bonds is 5. The first kappa shape index (κ1) is 19.6. The van der Waals surface area contributed by atoms with E-state index in [0.29, 0.717) is 0 Å². The maximum absolute atomic E-state index is 13.2. The smallest absolute Gasteiger partial charge is 0.382 e. The van der Waals surface area contributed by atoms with Gasteiger partial charge < -0.3 is 10.1 Å². The van der Waals surface area contributed by atoms with Gasteiger partial charge in [-0.3, -0.25) is 9.59 Å². The molecule has 1 aromatic heterocycles. The predicted molar refractivity (Wildman–Crippen MR) is 83.6 cm³/mol. The highest BCUT2D eigenvalue weighted by atomic mass is 19.4. The Hall–Kier alpha value is -2.75. The van der Waals surface area contributed by atoms with Gasteiger partial charge in [0.2, 0.25) is 0 Å². The molecule has 0 radical (unpaired) electrons. The zero-order valence-corrected chi connectivity index (χ0v) is 13.8. The van der Waals surface area contributed by atoms with Crippen molar-refractivity contribution in [2.24, 2.45) is 0 Å². The molecule has 1 amide bonds. The fourth-order valence-electron chi connectivity index (χ4n) is 2.09. The summed E-state index contributed by atoms with van der Waals surface area (Å²) in [5.41, 5.74) is -3.54. The van der Waals surface area contributed by atoms with E-state index in [4.69, 9.17) is 0 Å². The van der Waals surface area contributed by atoms with Gasteiger partial charge in [-0.2, -0.15) is 23.0 Å². The number of ether oxygens (including phenoxy) is 1. The fraction of sp³-hybridized carbons (Fsp3) is 0.312. The van der Waals surface area contributed by atoms with Gasteiger partial charge in [0.1, 0.15) is 11.5 Å². The maximum Gasteiger partial charge on any atom is 0.413 e. The zero-order valence-electron chi connectivity index (χ0n) is 13.8. The third-order valence-electron chi connectivity index (χ3n) is 3.55. The van der Waals surface area contributed by atoms with Gasteiger partial charge in [-0.15, -0.1) is 0 Å². The van der Waals surface area contributed by atoms with Crippen LogP contribution in [0.1, 0.15) is 17.4 Å². The molecule has 0 saturated carbocycles. The zero-order chi connectivity index (χ0) is 19.5. The van der Waals surface area contributed by atoms with E-state index in [2.05, 4.69) is 9.84 Å². The highest BCUT2D eigenvalue weighted by Gasteiger charge is 2.52. The molecule has 10 heteroatoms. The molecule has 0 aliphatic heterocycles. The highest BCUT2D eigenvalue weighted by molar-refractivity contribution is 5.92. The molecule has 1 N–H and O–H groups in total. The summed E-state index contributed by atoms with van der Waals surface area (Å²) < 4.78 is 57.9. The van der Waals surface area contributed by atoms with Crippen LogP contribution in [0.15, 0.2) is 41.2 Å². The van der Waals surface area contributed by atoms with E-state index in [1.54, 1.807) is 0 Å². The van der Waals surface area contributed by atoms with Crippen LogP contribution in [0.4, 0.5) is 17.6 Å². The summed E-state index contributed by atoms with van der Waals surface area (Å²) in [6, 6.07) is 6.63. The molecule has 1 aromatic carbocycles. The van der Waals surface area contributed by atoms with Crippen LogP contribution in [0, 0.1) is 5.82 Å². The summed E-state index contributed by atoms with van der Waals surface area (Å²) in [5.74, 6) is -1.69. The SMILES string of the molecule is COCC(C)(NC(=O)c1ccc(=O)n(-c2ccc(F)cc2)n1)C(F)(F)F. The van der Waals surface area contributed by atoms with Crippen molar-refractivity contribution < 1.29 is 27.1 Å². The molecule has 1 unspecified atom stereocenters. The van der Waals surface area contributed by atoms with Crippen LogP contribution in [0.2, 0.25) is 0 Å². The number of carbonyl (C=O) groups is 1. The number of methoxy groups -OCH3 is 1. The van der Waals surface area contributed by atoms with E-state index in [-0.39, 0.29) is 5.69 Å². The molecule has 0 spiro atoms. The maximum atomic E-state index is 13.2. The van der Waals surface area contributed by atoms with Crippen LogP contribution in [-0.2, 0) is 4.74 Å². The average Bonchev–Trinajstić information content (AvgIpc) is 2.55. The highest BCUT2D eigenvalue weighted by Crippen LogP contribution is 2.30. The third-order valence-corrected chi connectivity index (χ3v) is 3.55. The number of benzene rings is 1. The molecular weight excluding hydrogens is 358 g/mol. The van der Waals surface area contributed by atoms with E-state index >= 15 is 0 Å². The molecule has 1 heterocycles. The summed E-state index contributed by atoms with van der Waals surface area (Å²) in [4.78, 5) is 24.1. The van der Waals surface area contributed by atoms with Crippen molar-refractivity contribution in [2.75, 3.05) is 13.7 Å². The second kappa shape index (κ2) is 7.24. The number of hydrogen-bond donors (Lipinski definition) is 1. The molecule has 140 valence electrons. The van der Waals surface area contributed by atoms with Crippen molar-refractivity contribution in [2.45, 2.75) is 18.6 Å². The Morgan fingerprint density at radius 2 is 1.81 bits per heavy atom. The molecule has 2 rings (SSSR count). The van der Waals surface area contributed by atoms with Gasteiger partial charge in [-0.1, -0.05) is 0 Å². The van der Waals surface area contributed by atoms with Crippen molar-refractivity contribution in [3.63, 3.8) is 0 Å². The lowest BCUT2D eigenvalue weighted by Gasteiger charge is -2.32. The molecule has 1 atom stereocenters. The lowest BCUT2D eigenvalue weighted by atomic mass is 10.0. The first-order valence-corrected chi connectivity index (χ1v) is 7.32. The predicted octanol–water partition coefficient (Wildman–Crippen LogP) is 2.07. The van der Waals surface area contributed by atoms with Crippen molar-refractivity contribution >= 4 is 5.91 Å². The summed E-state index contributed by atoms with van der Waals surface area (Å²) in [7, 11) is 1.07. The van der Waals surface area contributed by atoms with Crippen molar-refractivity contribution in [3.05, 3.63) is 58.3 Å². The minimum absolute atomic E-state index is 0.154. The van der Waals surface area contributed by atoms with Crippen LogP contribution < -0.4 is 10.9 Å². The summed E-state index contributed by atoms with van der Waals surface area (Å²) >= 11 is 0. The molecular formula is C16H15F4N3O3. The topological polar surface area (TPSA) is 73.2 Å². The lowest BCUT2D eigenvalue weighted by molar-refractivity contribution is -0.200. The number of nitrogens with zero attached hydrogens (tertiary/aromatic N) is 2. The van der Waals surface area contributed by atoms with Gasteiger partial charge in [-0.25, -0.2) is 4.39 Å². The van der Waals surface area contributed by atoms with Crippen molar-refractivity contribution in [1.82, 2.24) is 15.1 Å². The fourth-order valence-corrected chi connectivity index (χ4v) is 2.09. The van der Waals surface area contributed by atoms with Crippen LogP contribution in [0.5, 0.6) is 0 Å². The molecule has 0 saturated heterocycles. The van der Waals surface area contributed by atoms with E-state index in [1.807, 2.05) is 5.32 Å². The lowest BCUT2D eigenvalue weighted by Crippen LogP contribution is -2.59. The monoisotopic (exact) mass is 373 g/mol. The Balaban J connectivity index is 2.37. The van der Waals surface area contributed by atoms with E-state index < -0.39 is 41.3 Å². The molecule has 0 aliphatic rings. The van der Waals surface area contributed by atoms with E-state index in [9.17, 15) is 27.2 Å². The molecule has 2 aromatic rings. The normalized spacial score (nSPS) is 13.9. The summed E-state index contributed by atoms with van der Waals surface area (Å²) in [6.45, 7) is -0.0375. The van der Waals surface area contributed by atoms with E-state index in [0.717, 1.165) is 43.0 Å². The molecule has 6 nitrogen and oxygen atoms in total. The molecule has 26 heavy (non-hydrogen) atoms. The summed E-state index contributed by atoms with van der Waals surface area (Å²) in [6.07, 6.45) is -4.77. The number of alkyl halides is 3. The van der Waals surface area contributed by atoms with Gasteiger partial charge in [0.25, 0.3) is 11.5 Å². The van der Waals surface area contributed by atoms with Crippen LogP contribution in [0.3, 0.4) is 0 Å². The average molecular weight is 373 g/mol. The second-order valence-electron chi connectivity index (χ2n) is 5.66. The third kappa shape index (κ3) is 4.07. The Labute approximate surface area is 145 Å². The Morgan fingerprint density at radius 3 is 2.35 bits per heavy atom. The van der Waals surface area contributed by atoms with E-state index in [1.165, 1.54) is 12.1 Å². The molecule has 0 bridgehead atoms. The number of carbonyl (C=O) groups excluding carboxylic acids is 1. The van der Waals surface area contributed by atoms with Gasteiger partial charge in [0.05, 0.1) is 12.3 Å². The minimum Gasteiger partial charge on any atom is -0.382 e. The van der Waals surface area contributed by atoms with Gasteiger partial charge in [0.15, 0.2) is 5.54 Å². The second-order valence-corrected chi connectivity index (χ2v) is 5.66. The standard InChI is InChI=1S/C16H15F4N3O3/c1-15(9-26-2,16(18,19)20)21-14(25)12-7-8-13(24)23(22-12)11-5-3-10(17)4-6-11/h3-8H,9H2,1-2H3,(H,21,25). The largest absolute Gasteiger partial charge is 0.413 e. The Bertz CT molecular complexity index is 849. The van der Waals surface area contributed by atoms with Crippen LogP contribution in [-0.4, -0.2) is 41.1 Å². The Kier molecular flexibility index (Phi) is 5.45. The summed E-state index contributed by atoms with van der Waals surface area (Å²) in [5, 5.41) is 5.59. The van der Waals surface area contributed by atoms with Crippen molar-refractivity contribution in [3.8, 4) is 5.69 Å².